The minimum Gasteiger partial charge on any atom is -0.505 e. The molecule has 0 amide bonds. The van der Waals surface area contributed by atoms with Crippen LogP contribution < -0.4 is 5.73 Å². The fraction of sp³-hybridized carbons (Fsp3) is 0.0769. The zero-order chi connectivity index (χ0) is 16.4. The number of phenolic OH excluding ortho intramolecular Hbond substituents is 1. The maximum atomic E-state index is 11.9. The minimum atomic E-state index is -0.892. The normalized spacial score (nSPS) is 10.0. The number of hydrogen-bond acceptors (Lipinski definition) is 7. The number of aromatic nitrogens is 1. The molecule has 0 radical (unpaired) electrons. The number of aromatic hydroxyl groups is 1. The number of carbonyl (C=O) groups is 1. The second-order valence-corrected chi connectivity index (χ2v) is 4.18. The van der Waals surface area contributed by atoms with Crippen LogP contribution in [0.15, 0.2) is 24.4 Å². The SMILES string of the molecule is COC(=O)c1c(N)c(C#N)cn1-c1c(O)cccc1[N+](=O)[O-]. The van der Waals surface area contributed by atoms with Gasteiger partial charge in [0.2, 0.25) is 0 Å². The highest BCUT2D eigenvalue weighted by Crippen LogP contribution is 2.35. The molecule has 9 heteroatoms. The van der Waals surface area contributed by atoms with Crippen molar-refractivity contribution in [2.45, 2.75) is 0 Å². The number of rotatable bonds is 3. The summed E-state index contributed by atoms with van der Waals surface area (Å²) in [6, 6.07) is 5.42. The Kier molecular flexibility index (Phi) is 3.68. The van der Waals surface area contributed by atoms with Gasteiger partial charge in [0.15, 0.2) is 11.4 Å². The Balaban J connectivity index is 2.88. The Morgan fingerprint density at radius 1 is 1.55 bits per heavy atom. The number of anilines is 1. The van der Waals surface area contributed by atoms with E-state index in [1.165, 1.54) is 12.1 Å². The number of benzene rings is 1. The standard InChI is InChI=1S/C13H10N4O5/c1-22-13(19)12-10(15)7(5-14)6-16(12)11-8(17(20)21)3-2-4-9(11)18/h2-4,6,18H,15H2,1H3. The number of nitro benzene ring substituents is 1. The molecule has 0 bridgehead atoms. The van der Waals surface area contributed by atoms with Gasteiger partial charge in [-0.3, -0.25) is 14.7 Å². The number of para-hydroxylation sites is 1. The number of phenols is 1. The number of carbonyl (C=O) groups excluding carboxylic acids is 1. The average Bonchev–Trinajstić information content (AvgIpc) is 2.82. The molecule has 0 saturated carbocycles. The number of nitrogens with two attached hydrogens (primary N) is 1. The Morgan fingerprint density at radius 2 is 2.23 bits per heavy atom. The molecule has 9 nitrogen and oxygen atoms in total. The molecule has 3 N–H and O–H groups in total. The van der Waals surface area contributed by atoms with Gasteiger partial charge in [-0.1, -0.05) is 6.07 Å². The highest BCUT2D eigenvalue weighted by Gasteiger charge is 2.27. The molecular formula is C13H10N4O5. The highest BCUT2D eigenvalue weighted by atomic mass is 16.6. The van der Waals surface area contributed by atoms with Gasteiger partial charge in [-0.25, -0.2) is 4.79 Å². The number of nitrogen functional groups attached to an aromatic ring is 1. The third-order valence-corrected chi connectivity index (χ3v) is 2.97. The molecule has 0 spiro atoms. The Labute approximate surface area is 123 Å². The van der Waals surface area contributed by atoms with Gasteiger partial charge >= 0.3 is 5.97 Å². The van der Waals surface area contributed by atoms with E-state index in [-0.39, 0.29) is 22.6 Å². The number of nitrogens with zero attached hydrogens (tertiary/aromatic N) is 3. The maximum Gasteiger partial charge on any atom is 0.357 e. The van der Waals surface area contributed by atoms with E-state index in [4.69, 9.17) is 11.0 Å². The molecule has 1 aromatic carbocycles. The lowest BCUT2D eigenvalue weighted by Gasteiger charge is -2.10. The van der Waals surface area contributed by atoms with Crippen molar-refractivity contribution in [3.8, 4) is 17.5 Å². The molecule has 112 valence electrons. The first kappa shape index (κ1) is 14.9. The van der Waals surface area contributed by atoms with Crippen molar-refractivity contribution in [3.63, 3.8) is 0 Å². The van der Waals surface area contributed by atoms with Crippen molar-refractivity contribution in [3.05, 3.63) is 45.8 Å². The van der Waals surface area contributed by atoms with Crippen molar-refractivity contribution in [2.75, 3.05) is 12.8 Å². The van der Waals surface area contributed by atoms with Gasteiger partial charge in [0.1, 0.15) is 11.8 Å². The van der Waals surface area contributed by atoms with E-state index >= 15 is 0 Å². The quantitative estimate of drug-likeness (QED) is 0.494. The van der Waals surface area contributed by atoms with E-state index in [1.54, 1.807) is 6.07 Å². The maximum absolute atomic E-state index is 11.9. The fourth-order valence-corrected chi connectivity index (χ4v) is 2.00. The molecule has 22 heavy (non-hydrogen) atoms. The summed E-state index contributed by atoms with van der Waals surface area (Å²) in [7, 11) is 1.10. The molecule has 1 heterocycles. The number of nitriles is 1. The van der Waals surface area contributed by atoms with Crippen LogP contribution >= 0.6 is 0 Å². The summed E-state index contributed by atoms with van der Waals surface area (Å²) in [6.45, 7) is 0. The minimum absolute atomic E-state index is 0.0713. The Hall–Kier alpha value is -3.54. The highest BCUT2D eigenvalue weighted by molar-refractivity contribution is 5.96. The first-order valence-electron chi connectivity index (χ1n) is 5.88. The lowest BCUT2D eigenvalue weighted by molar-refractivity contribution is -0.384. The lowest BCUT2D eigenvalue weighted by atomic mass is 10.2. The van der Waals surface area contributed by atoms with Crippen LogP contribution in [0.2, 0.25) is 0 Å². The van der Waals surface area contributed by atoms with Gasteiger partial charge < -0.3 is 15.6 Å². The number of esters is 1. The smallest absolute Gasteiger partial charge is 0.357 e. The molecule has 0 aliphatic carbocycles. The van der Waals surface area contributed by atoms with Gasteiger partial charge in [0.25, 0.3) is 5.69 Å². The van der Waals surface area contributed by atoms with E-state index in [2.05, 4.69) is 4.74 Å². The second kappa shape index (κ2) is 5.45. The second-order valence-electron chi connectivity index (χ2n) is 4.18. The van der Waals surface area contributed by atoms with Crippen LogP contribution in [0.1, 0.15) is 16.1 Å². The van der Waals surface area contributed by atoms with E-state index < -0.39 is 22.3 Å². The molecular weight excluding hydrogens is 292 g/mol. The molecule has 0 saturated heterocycles. The van der Waals surface area contributed by atoms with Gasteiger partial charge in [-0.15, -0.1) is 0 Å². The molecule has 0 unspecified atom stereocenters. The molecule has 2 aromatic rings. The number of ether oxygens (including phenoxy) is 1. The van der Waals surface area contributed by atoms with Crippen molar-refractivity contribution < 1.29 is 19.6 Å². The van der Waals surface area contributed by atoms with Crippen molar-refractivity contribution >= 4 is 17.3 Å². The summed E-state index contributed by atoms with van der Waals surface area (Å²) in [5.74, 6) is -1.34. The van der Waals surface area contributed by atoms with Crippen molar-refractivity contribution in [1.82, 2.24) is 4.57 Å². The molecule has 1 aromatic heterocycles. The molecule has 0 atom stereocenters. The van der Waals surface area contributed by atoms with Gasteiger partial charge in [-0.2, -0.15) is 5.26 Å². The summed E-state index contributed by atoms with van der Waals surface area (Å²) in [6.07, 6.45) is 1.13. The van der Waals surface area contributed by atoms with E-state index in [9.17, 15) is 20.0 Å². The lowest BCUT2D eigenvalue weighted by Crippen LogP contribution is -2.12. The van der Waals surface area contributed by atoms with Crippen molar-refractivity contribution in [2.24, 2.45) is 0 Å². The van der Waals surface area contributed by atoms with Crippen LogP contribution in [0.3, 0.4) is 0 Å². The summed E-state index contributed by atoms with van der Waals surface area (Å²) in [5, 5.41) is 30.1. The van der Waals surface area contributed by atoms with Crippen LogP contribution in [0.5, 0.6) is 5.75 Å². The average molecular weight is 302 g/mol. The van der Waals surface area contributed by atoms with Crippen LogP contribution in [-0.2, 0) is 4.74 Å². The largest absolute Gasteiger partial charge is 0.505 e. The van der Waals surface area contributed by atoms with Crippen LogP contribution in [0.4, 0.5) is 11.4 Å². The predicted octanol–water partition coefficient (Wildman–Crippen LogP) is 1.33. The summed E-state index contributed by atoms with van der Waals surface area (Å²) in [5.41, 5.74) is 4.44. The fourth-order valence-electron chi connectivity index (χ4n) is 2.00. The predicted molar refractivity (Wildman–Crippen MR) is 74.6 cm³/mol. The van der Waals surface area contributed by atoms with Crippen LogP contribution in [-0.4, -0.2) is 27.7 Å². The third-order valence-electron chi connectivity index (χ3n) is 2.97. The van der Waals surface area contributed by atoms with Gasteiger partial charge in [0.05, 0.1) is 23.3 Å². The first-order valence-corrected chi connectivity index (χ1v) is 5.88. The number of methoxy groups -OCH3 is 1. The summed E-state index contributed by atoms with van der Waals surface area (Å²) < 4.78 is 5.56. The van der Waals surface area contributed by atoms with E-state index in [1.807, 2.05) is 0 Å². The van der Waals surface area contributed by atoms with Gasteiger partial charge in [-0.05, 0) is 6.07 Å². The zero-order valence-electron chi connectivity index (χ0n) is 11.3. The van der Waals surface area contributed by atoms with Gasteiger partial charge in [0, 0.05) is 12.3 Å². The Bertz CT molecular complexity index is 819. The van der Waals surface area contributed by atoms with E-state index in [0.29, 0.717) is 0 Å². The topological polar surface area (TPSA) is 144 Å². The number of nitro groups is 1. The molecule has 2 rings (SSSR count). The molecule has 0 aliphatic heterocycles. The first-order chi connectivity index (χ1) is 10.4. The monoisotopic (exact) mass is 302 g/mol. The third kappa shape index (κ3) is 2.18. The van der Waals surface area contributed by atoms with E-state index in [0.717, 1.165) is 23.9 Å². The molecule has 0 fully saturated rings. The Morgan fingerprint density at radius 3 is 2.77 bits per heavy atom. The molecule has 0 aliphatic rings. The summed E-state index contributed by atoms with van der Waals surface area (Å²) >= 11 is 0. The van der Waals surface area contributed by atoms with Crippen LogP contribution in [0, 0.1) is 21.4 Å². The zero-order valence-corrected chi connectivity index (χ0v) is 11.3. The number of hydrogen-bond donors (Lipinski definition) is 2. The van der Waals surface area contributed by atoms with Crippen LogP contribution in [0.25, 0.3) is 5.69 Å². The van der Waals surface area contributed by atoms with Crippen molar-refractivity contribution in [1.29, 1.82) is 5.26 Å². The summed E-state index contributed by atoms with van der Waals surface area (Å²) in [4.78, 5) is 22.3.